The summed E-state index contributed by atoms with van der Waals surface area (Å²) in [5, 5.41) is 26.3. The van der Waals surface area contributed by atoms with Gasteiger partial charge in [0.25, 0.3) is 11.6 Å². The number of hydrogen-bond acceptors (Lipinski definition) is 12. The normalized spacial score (nSPS) is 15.9. The van der Waals surface area contributed by atoms with Crippen molar-refractivity contribution in [2.75, 3.05) is 58.9 Å². The van der Waals surface area contributed by atoms with E-state index >= 15 is 0 Å². The van der Waals surface area contributed by atoms with Gasteiger partial charge >= 0.3 is 5.97 Å². The minimum atomic E-state index is -3.97. The number of nitrogens with one attached hydrogen (secondary N) is 2. The van der Waals surface area contributed by atoms with Gasteiger partial charge in [0.05, 0.1) is 42.8 Å². The second-order valence-electron chi connectivity index (χ2n) is 10.7. The molecule has 0 spiro atoms. The number of benzene rings is 3. The smallest absolute Gasteiger partial charge is 0.337 e. The van der Waals surface area contributed by atoms with E-state index in [1.807, 2.05) is 0 Å². The quantitative estimate of drug-likeness (QED) is 0.0808. The highest BCUT2D eigenvalue weighted by Crippen LogP contribution is 2.32. The highest BCUT2D eigenvalue weighted by Gasteiger charge is 2.30. The lowest BCUT2D eigenvalue weighted by Gasteiger charge is -2.30. The molecule has 0 fully saturated rings. The maximum Gasteiger partial charge on any atom is 0.337 e. The lowest BCUT2D eigenvalue weighted by molar-refractivity contribution is -0.384. The molecule has 49 heavy (non-hydrogen) atoms. The summed E-state index contributed by atoms with van der Waals surface area (Å²) in [5.74, 6) is -0.880. The van der Waals surface area contributed by atoms with E-state index in [4.69, 9.17) is 18.9 Å². The van der Waals surface area contributed by atoms with Gasteiger partial charge < -0.3 is 34.7 Å². The number of nitrogens with zero attached hydrogens (tertiary/aromatic N) is 2. The number of aliphatic hydroxyl groups is 1. The van der Waals surface area contributed by atoms with Crippen LogP contribution in [0.1, 0.15) is 28.3 Å². The van der Waals surface area contributed by atoms with Crippen LogP contribution in [-0.2, 0) is 29.0 Å². The van der Waals surface area contributed by atoms with Crippen molar-refractivity contribution in [1.82, 2.24) is 9.62 Å². The fourth-order valence-electron chi connectivity index (χ4n) is 4.95. The number of esters is 1. The average molecular weight is 699 g/mol. The molecule has 1 amide bonds. The third-order valence-corrected chi connectivity index (χ3v) is 9.46. The van der Waals surface area contributed by atoms with Crippen molar-refractivity contribution in [2.45, 2.75) is 23.5 Å². The number of aliphatic hydroxyl groups excluding tert-OH is 1. The Bertz CT molecular complexity index is 1710. The molecule has 262 valence electrons. The van der Waals surface area contributed by atoms with E-state index in [1.165, 1.54) is 50.6 Å². The summed E-state index contributed by atoms with van der Waals surface area (Å²) in [6.45, 7) is -0.279. The number of amides is 1. The van der Waals surface area contributed by atoms with Crippen molar-refractivity contribution in [3.63, 3.8) is 0 Å². The van der Waals surface area contributed by atoms with Gasteiger partial charge in [-0.05, 0) is 60.2 Å². The first-order valence-corrected chi connectivity index (χ1v) is 16.7. The first-order valence-electron chi connectivity index (χ1n) is 15.3. The van der Waals surface area contributed by atoms with Crippen LogP contribution in [0.4, 0.5) is 11.4 Å². The Balaban J connectivity index is 1.42. The maximum atomic E-state index is 13.3. The van der Waals surface area contributed by atoms with E-state index in [1.54, 1.807) is 42.5 Å². The number of methoxy groups -OCH3 is 2. The van der Waals surface area contributed by atoms with E-state index in [-0.39, 0.29) is 54.9 Å². The van der Waals surface area contributed by atoms with Crippen LogP contribution in [0.2, 0.25) is 0 Å². The number of ether oxygens (including phenoxy) is 4. The van der Waals surface area contributed by atoms with Crippen molar-refractivity contribution in [2.24, 2.45) is 0 Å². The molecule has 0 aliphatic carbocycles. The number of sulfonamides is 1. The molecule has 3 N–H and O–H groups in total. The predicted molar refractivity (Wildman–Crippen MR) is 177 cm³/mol. The van der Waals surface area contributed by atoms with Crippen molar-refractivity contribution >= 4 is 33.3 Å². The van der Waals surface area contributed by atoms with Crippen LogP contribution in [0.25, 0.3) is 0 Å². The molecule has 0 radical (unpaired) electrons. The zero-order valence-corrected chi connectivity index (χ0v) is 27.8. The third kappa shape index (κ3) is 9.99. The molecule has 0 bridgehead atoms. The van der Waals surface area contributed by atoms with Crippen molar-refractivity contribution in [3.8, 4) is 5.75 Å². The van der Waals surface area contributed by atoms with Crippen molar-refractivity contribution < 1.29 is 47.0 Å². The summed E-state index contributed by atoms with van der Waals surface area (Å²) in [5.41, 5.74) is 1.74. The lowest BCUT2D eigenvalue weighted by atomic mass is 9.92. The van der Waals surface area contributed by atoms with Crippen molar-refractivity contribution in [1.29, 1.82) is 0 Å². The van der Waals surface area contributed by atoms with Crippen LogP contribution in [0.15, 0.2) is 89.5 Å². The predicted octanol–water partition coefficient (Wildman–Crippen LogP) is 3.03. The zero-order valence-electron chi connectivity index (χ0n) is 26.9. The molecule has 1 heterocycles. The van der Waals surface area contributed by atoms with E-state index in [0.29, 0.717) is 23.5 Å². The molecular weight excluding hydrogens is 660 g/mol. The molecule has 0 saturated carbocycles. The lowest BCUT2D eigenvalue weighted by Crippen LogP contribution is -2.38. The average Bonchev–Trinajstić information content (AvgIpc) is 3.12. The van der Waals surface area contributed by atoms with Gasteiger partial charge in [0, 0.05) is 56.3 Å². The van der Waals surface area contributed by atoms with Gasteiger partial charge in [-0.25, -0.2) is 13.2 Å². The van der Waals surface area contributed by atoms with E-state index in [2.05, 4.69) is 10.6 Å². The largest absolute Gasteiger partial charge is 0.497 e. The van der Waals surface area contributed by atoms with E-state index in [0.717, 1.165) is 9.87 Å². The second kappa shape index (κ2) is 17.4. The van der Waals surface area contributed by atoms with Gasteiger partial charge in [-0.15, -0.1) is 0 Å². The third-order valence-electron chi connectivity index (χ3n) is 7.55. The Morgan fingerprint density at radius 1 is 1.00 bits per heavy atom. The van der Waals surface area contributed by atoms with E-state index in [9.17, 15) is 33.2 Å². The second-order valence-corrected chi connectivity index (χ2v) is 12.6. The summed E-state index contributed by atoms with van der Waals surface area (Å²) in [4.78, 5) is 35.5. The highest BCUT2D eigenvalue weighted by molar-refractivity contribution is 7.89. The molecule has 0 saturated heterocycles. The molecule has 16 heteroatoms. The molecule has 2 atom stereocenters. The van der Waals surface area contributed by atoms with Gasteiger partial charge in [-0.3, -0.25) is 14.9 Å². The van der Waals surface area contributed by atoms with Crippen LogP contribution in [0.5, 0.6) is 5.75 Å². The molecule has 3 aromatic rings. The molecule has 0 unspecified atom stereocenters. The Kier molecular flexibility index (Phi) is 13.1. The molecule has 1 aliphatic heterocycles. The number of anilines is 1. The molecule has 3 aromatic carbocycles. The summed E-state index contributed by atoms with van der Waals surface area (Å²) in [7, 11) is -1.21. The van der Waals surface area contributed by atoms with Gasteiger partial charge in [-0.2, -0.15) is 4.31 Å². The number of carbonyl (C=O) groups excluding carboxylic acids is 2. The van der Waals surface area contributed by atoms with E-state index < -0.39 is 39.7 Å². The minimum absolute atomic E-state index is 0.00769. The monoisotopic (exact) mass is 698 g/mol. The van der Waals surface area contributed by atoms with Crippen LogP contribution in [-0.4, -0.2) is 94.5 Å². The Hall–Kier alpha value is -5.03. The molecular formula is C33H38N4O11S. The Morgan fingerprint density at radius 3 is 2.31 bits per heavy atom. The fraction of sp³-hybridized carbons (Fsp3) is 0.333. The summed E-state index contributed by atoms with van der Waals surface area (Å²) in [6, 6.07) is 18.5. The number of non-ortho nitro benzene ring substituents is 1. The van der Waals surface area contributed by atoms with Gasteiger partial charge in [-0.1, -0.05) is 12.1 Å². The van der Waals surface area contributed by atoms with Crippen LogP contribution in [0, 0.1) is 10.1 Å². The topological polar surface area (TPSA) is 196 Å². The SMILES string of the molecule is COC(=O)c1ccc([C@H]2C=C(C(=O)NCCNc3ccc([N+](=O)[O-])cc3)O[C@@H](OCCN(CCO)S(=O)(=O)c3ccc(OC)cc3)C2)cc1. The fourth-order valence-corrected chi connectivity index (χ4v) is 6.37. The van der Waals surface area contributed by atoms with Gasteiger partial charge in [0.2, 0.25) is 16.3 Å². The molecule has 1 aliphatic rings. The van der Waals surface area contributed by atoms with Crippen LogP contribution in [0.3, 0.4) is 0 Å². The highest BCUT2D eigenvalue weighted by atomic mass is 32.2. The number of nitro benzene ring substituents is 1. The van der Waals surface area contributed by atoms with Crippen LogP contribution >= 0.6 is 0 Å². The Labute approximate surface area is 283 Å². The molecule has 0 aromatic heterocycles. The van der Waals surface area contributed by atoms with Gasteiger partial charge in [0.15, 0.2) is 5.76 Å². The number of nitro groups is 1. The number of hydrogen-bond donors (Lipinski definition) is 3. The van der Waals surface area contributed by atoms with Crippen molar-refractivity contribution in [3.05, 3.63) is 106 Å². The standard InChI is InChI=1S/C33H38N4O11S/c1-45-28-11-13-29(14-12-28)49(43,44)36(17-19-38)18-20-47-31-22-25(23-3-5-24(6-4-23)33(40)46-2)21-30(48-31)32(39)35-16-15-34-26-7-9-27(10-8-26)37(41)42/h3-14,21,25,31,34,38H,15-20,22H2,1-2H3,(H,35,39)/t25-,31+/m0/s1. The number of carbonyl (C=O) groups is 2. The maximum absolute atomic E-state index is 13.3. The summed E-state index contributed by atoms with van der Waals surface area (Å²) in [6.07, 6.45) is 0.994. The van der Waals surface area contributed by atoms with Crippen LogP contribution < -0.4 is 15.4 Å². The first kappa shape index (κ1) is 36.8. The molecule has 15 nitrogen and oxygen atoms in total. The number of rotatable bonds is 17. The Morgan fingerprint density at radius 2 is 1.69 bits per heavy atom. The van der Waals surface area contributed by atoms with Gasteiger partial charge in [0.1, 0.15) is 5.75 Å². The number of allylic oxidation sites excluding steroid dienone is 1. The minimum Gasteiger partial charge on any atom is -0.497 e. The molecule has 4 rings (SSSR count). The summed E-state index contributed by atoms with van der Waals surface area (Å²) < 4.78 is 49.4. The summed E-state index contributed by atoms with van der Waals surface area (Å²) >= 11 is 0. The first-order chi connectivity index (χ1) is 23.5. The zero-order chi connectivity index (χ0) is 35.4.